The predicted octanol–water partition coefficient (Wildman–Crippen LogP) is 1.34. The van der Waals surface area contributed by atoms with Crippen molar-refractivity contribution >= 4 is 11.6 Å². The van der Waals surface area contributed by atoms with Crippen LogP contribution in [0.1, 0.15) is 12.1 Å². The molecule has 0 spiro atoms. The molecular formula is C14H16N4O2. The zero-order valence-electron chi connectivity index (χ0n) is 11.0. The van der Waals surface area contributed by atoms with Crippen LogP contribution in [0, 0.1) is 0 Å². The lowest BCUT2D eigenvalue weighted by molar-refractivity contribution is -0.118. The third kappa shape index (κ3) is 4.56. The fourth-order valence-electron chi connectivity index (χ4n) is 1.55. The molecule has 104 valence electrons. The van der Waals surface area contributed by atoms with Crippen LogP contribution in [0.2, 0.25) is 0 Å². The monoisotopic (exact) mass is 272 g/mol. The molecule has 0 atom stereocenters. The summed E-state index contributed by atoms with van der Waals surface area (Å²) in [5.74, 6) is 0.337. The molecule has 2 aromatic rings. The molecule has 1 heterocycles. The van der Waals surface area contributed by atoms with Gasteiger partial charge in [0.25, 0.3) is 0 Å². The second kappa shape index (κ2) is 7.08. The summed E-state index contributed by atoms with van der Waals surface area (Å²) in [6, 6.07) is 7.46. The Kier molecular flexibility index (Phi) is 4.88. The van der Waals surface area contributed by atoms with Crippen LogP contribution in [0.5, 0.6) is 5.75 Å². The van der Waals surface area contributed by atoms with Crippen molar-refractivity contribution in [3.63, 3.8) is 0 Å². The Bertz CT molecular complexity index is 543. The van der Waals surface area contributed by atoms with E-state index in [2.05, 4.69) is 15.3 Å². The quantitative estimate of drug-likeness (QED) is 0.794. The smallest absolute Gasteiger partial charge is 0.220 e. The van der Waals surface area contributed by atoms with Gasteiger partial charge in [-0.1, -0.05) is 0 Å². The molecule has 1 aromatic heterocycles. The predicted molar refractivity (Wildman–Crippen MR) is 75.1 cm³/mol. The van der Waals surface area contributed by atoms with E-state index in [9.17, 15) is 4.79 Å². The average molecular weight is 272 g/mol. The molecule has 0 radical (unpaired) electrons. The number of rotatable bonds is 7. The lowest BCUT2D eigenvalue weighted by Gasteiger charge is -2.08. The van der Waals surface area contributed by atoms with E-state index < -0.39 is 0 Å². The van der Waals surface area contributed by atoms with Crippen molar-refractivity contribution in [2.75, 3.05) is 11.9 Å². The summed E-state index contributed by atoms with van der Waals surface area (Å²) < 4.78 is 5.38. The summed E-state index contributed by atoms with van der Waals surface area (Å²) in [4.78, 5) is 18.8. The van der Waals surface area contributed by atoms with E-state index in [1.54, 1.807) is 18.6 Å². The first kappa shape index (κ1) is 13.8. The van der Waals surface area contributed by atoms with Crippen molar-refractivity contribution in [1.82, 2.24) is 9.97 Å². The number of amides is 1. The molecule has 0 bridgehead atoms. The number of nitrogens with two attached hydrogens (primary N) is 1. The van der Waals surface area contributed by atoms with E-state index in [-0.39, 0.29) is 12.3 Å². The van der Waals surface area contributed by atoms with Crippen LogP contribution in [0.4, 0.5) is 5.69 Å². The average Bonchev–Trinajstić information content (AvgIpc) is 2.47. The van der Waals surface area contributed by atoms with E-state index in [0.717, 1.165) is 11.4 Å². The van der Waals surface area contributed by atoms with Crippen molar-refractivity contribution < 1.29 is 9.53 Å². The molecule has 1 aromatic carbocycles. The first-order valence-corrected chi connectivity index (χ1v) is 6.24. The van der Waals surface area contributed by atoms with E-state index in [4.69, 9.17) is 10.5 Å². The lowest BCUT2D eigenvalue weighted by atomic mass is 10.3. The highest BCUT2D eigenvalue weighted by Gasteiger charge is 1.98. The summed E-state index contributed by atoms with van der Waals surface area (Å²) in [6.45, 7) is 0.900. The van der Waals surface area contributed by atoms with Gasteiger partial charge < -0.3 is 15.8 Å². The van der Waals surface area contributed by atoms with Crippen LogP contribution in [-0.2, 0) is 11.3 Å². The van der Waals surface area contributed by atoms with Crippen LogP contribution in [0.3, 0.4) is 0 Å². The minimum absolute atomic E-state index is 0.215. The number of hydrogen-bond acceptors (Lipinski definition) is 5. The third-order valence-corrected chi connectivity index (χ3v) is 2.56. The molecule has 0 aliphatic rings. The Balaban J connectivity index is 1.81. The molecule has 6 nitrogen and oxygen atoms in total. The molecule has 0 saturated carbocycles. The third-order valence-electron chi connectivity index (χ3n) is 2.56. The molecule has 2 rings (SSSR count). The van der Waals surface area contributed by atoms with Gasteiger partial charge in [0.15, 0.2) is 0 Å². The van der Waals surface area contributed by atoms with Gasteiger partial charge >= 0.3 is 0 Å². The maximum absolute atomic E-state index is 10.6. The number of carbonyl (C=O) groups excluding carboxylic acids is 1. The van der Waals surface area contributed by atoms with Crippen molar-refractivity contribution in [1.29, 1.82) is 0 Å². The van der Waals surface area contributed by atoms with Crippen LogP contribution in [0.25, 0.3) is 0 Å². The van der Waals surface area contributed by atoms with E-state index in [0.29, 0.717) is 18.9 Å². The summed E-state index contributed by atoms with van der Waals surface area (Å²) >= 11 is 0. The summed E-state index contributed by atoms with van der Waals surface area (Å²) in [7, 11) is 0. The van der Waals surface area contributed by atoms with Gasteiger partial charge in [-0.05, 0) is 24.3 Å². The summed E-state index contributed by atoms with van der Waals surface area (Å²) in [5.41, 5.74) is 6.86. The SMILES string of the molecule is NC(=O)CCOc1ccc(NCc2cnccn2)cc1. The Morgan fingerprint density at radius 1 is 1.25 bits per heavy atom. The Morgan fingerprint density at radius 2 is 2.05 bits per heavy atom. The number of primary amides is 1. The number of carbonyl (C=O) groups is 1. The molecule has 0 aliphatic carbocycles. The van der Waals surface area contributed by atoms with E-state index >= 15 is 0 Å². The van der Waals surface area contributed by atoms with Crippen molar-refractivity contribution in [3.05, 3.63) is 48.5 Å². The molecule has 6 heteroatoms. The Morgan fingerprint density at radius 3 is 2.70 bits per heavy atom. The minimum atomic E-state index is -0.368. The highest BCUT2D eigenvalue weighted by atomic mass is 16.5. The van der Waals surface area contributed by atoms with Crippen LogP contribution in [-0.4, -0.2) is 22.5 Å². The van der Waals surface area contributed by atoms with Gasteiger partial charge in [0.1, 0.15) is 5.75 Å². The highest BCUT2D eigenvalue weighted by Crippen LogP contribution is 2.16. The number of aromatic nitrogens is 2. The number of ether oxygens (including phenoxy) is 1. The summed E-state index contributed by atoms with van der Waals surface area (Å²) in [5, 5.41) is 3.23. The van der Waals surface area contributed by atoms with Crippen LogP contribution in [0.15, 0.2) is 42.9 Å². The zero-order valence-corrected chi connectivity index (χ0v) is 11.0. The first-order valence-electron chi connectivity index (χ1n) is 6.24. The number of nitrogens with zero attached hydrogens (tertiary/aromatic N) is 2. The number of benzene rings is 1. The standard InChI is InChI=1S/C14H16N4O2/c15-14(19)5-8-20-13-3-1-11(2-4-13)18-10-12-9-16-6-7-17-12/h1-4,6-7,9,18H,5,8,10H2,(H2,15,19). The molecule has 1 amide bonds. The van der Waals surface area contributed by atoms with Crippen molar-refractivity contribution in [3.8, 4) is 5.75 Å². The maximum atomic E-state index is 10.6. The van der Waals surface area contributed by atoms with Gasteiger partial charge in [0.05, 0.1) is 31.5 Å². The highest BCUT2D eigenvalue weighted by molar-refractivity contribution is 5.73. The number of anilines is 1. The van der Waals surface area contributed by atoms with Gasteiger partial charge in [-0.2, -0.15) is 0 Å². The zero-order chi connectivity index (χ0) is 14.2. The Hall–Kier alpha value is -2.63. The molecule has 0 fully saturated rings. The number of nitrogens with one attached hydrogen (secondary N) is 1. The molecular weight excluding hydrogens is 256 g/mol. The largest absolute Gasteiger partial charge is 0.493 e. The van der Waals surface area contributed by atoms with Gasteiger partial charge in [-0.3, -0.25) is 14.8 Å². The second-order valence-electron chi connectivity index (χ2n) is 4.14. The fraction of sp³-hybridized carbons (Fsp3) is 0.214. The fourth-order valence-corrected chi connectivity index (χ4v) is 1.55. The van der Waals surface area contributed by atoms with Crippen molar-refractivity contribution in [2.24, 2.45) is 5.73 Å². The van der Waals surface area contributed by atoms with Gasteiger partial charge in [0.2, 0.25) is 5.91 Å². The normalized spacial score (nSPS) is 10.0. The van der Waals surface area contributed by atoms with Gasteiger partial charge in [-0.15, -0.1) is 0 Å². The van der Waals surface area contributed by atoms with Crippen LogP contribution < -0.4 is 15.8 Å². The molecule has 0 unspecified atom stereocenters. The van der Waals surface area contributed by atoms with Crippen LogP contribution >= 0.6 is 0 Å². The second-order valence-corrected chi connectivity index (χ2v) is 4.14. The molecule has 0 saturated heterocycles. The van der Waals surface area contributed by atoms with Gasteiger partial charge in [-0.25, -0.2) is 0 Å². The topological polar surface area (TPSA) is 90.1 Å². The Labute approximate surface area is 117 Å². The first-order chi connectivity index (χ1) is 9.74. The van der Waals surface area contributed by atoms with E-state index in [1.165, 1.54) is 0 Å². The number of hydrogen-bond donors (Lipinski definition) is 2. The lowest BCUT2D eigenvalue weighted by Crippen LogP contribution is -2.14. The maximum Gasteiger partial charge on any atom is 0.220 e. The molecule has 0 aliphatic heterocycles. The molecule has 20 heavy (non-hydrogen) atoms. The minimum Gasteiger partial charge on any atom is -0.493 e. The molecule has 3 N–H and O–H groups in total. The van der Waals surface area contributed by atoms with Gasteiger partial charge in [0, 0.05) is 18.1 Å². The van der Waals surface area contributed by atoms with Crippen molar-refractivity contribution in [2.45, 2.75) is 13.0 Å². The summed E-state index contributed by atoms with van der Waals surface area (Å²) in [6.07, 6.45) is 5.23. The van der Waals surface area contributed by atoms with E-state index in [1.807, 2.05) is 24.3 Å².